The number of methoxy groups -OCH3 is 1. The lowest BCUT2D eigenvalue weighted by molar-refractivity contribution is 0.0697. The first-order valence-electron chi connectivity index (χ1n) is 6.42. The van der Waals surface area contributed by atoms with E-state index >= 15 is 0 Å². The second-order valence-corrected chi connectivity index (χ2v) is 4.24. The summed E-state index contributed by atoms with van der Waals surface area (Å²) in [5, 5.41) is 8.82. The van der Waals surface area contributed by atoms with Crippen molar-refractivity contribution in [2.24, 2.45) is 0 Å². The fourth-order valence-corrected chi connectivity index (χ4v) is 1.65. The van der Waals surface area contributed by atoms with Gasteiger partial charge in [-0.05, 0) is 48.5 Å². The van der Waals surface area contributed by atoms with E-state index in [1.807, 2.05) is 0 Å². The number of rotatable bonds is 7. The molecule has 1 N–H and O–H groups in total. The van der Waals surface area contributed by atoms with Crippen LogP contribution in [0.1, 0.15) is 10.4 Å². The standard InChI is InChI=1S/C16H16O5/c1-19-10-11-20-13-6-8-15(9-7-13)21-14-4-2-12(3-5-14)16(17)18/h2-9H,10-11H2,1H3,(H,17,18). The van der Waals surface area contributed by atoms with Gasteiger partial charge in [-0.25, -0.2) is 4.79 Å². The molecular weight excluding hydrogens is 272 g/mol. The van der Waals surface area contributed by atoms with Gasteiger partial charge in [0.1, 0.15) is 23.9 Å². The molecule has 0 aromatic heterocycles. The van der Waals surface area contributed by atoms with Crippen molar-refractivity contribution in [3.05, 3.63) is 54.1 Å². The molecule has 110 valence electrons. The molecule has 0 atom stereocenters. The Bertz CT molecular complexity index is 575. The Morgan fingerprint density at radius 3 is 1.95 bits per heavy atom. The Morgan fingerprint density at radius 1 is 0.905 bits per heavy atom. The zero-order valence-electron chi connectivity index (χ0n) is 11.6. The second-order valence-electron chi connectivity index (χ2n) is 4.24. The lowest BCUT2D eigenvalue weighted by Crippen LogP contribution is -2.03. The molecule has 0 aliphatic carbocycles. The third kappa shape index (κ3) is 4.50. The first kappa shape index (κ1) is 14.9. The summed E-state index contributed by atoms with van der Waals surface area (Å²) in [6.45, 7) is 1.03. The van der Waals surface area contributed by atoms with Crippen LogP contribution in [0.5, 0.6) is 17.2 Å². The van der Waals surface area contributed by atoms with E-state index in [0.717, 1.165) is 5.75 Å². The quantitative estimate of drug-likeness (QED) is 0.792. The number of hydrogen-bond donors (Lipinski definition) is 1. The summed E-state index contributed by atoms with van der Waals surface area (Å²) in [5.41, 5.74) is 0.226. The lowest BCUT2D eigenvalue weighted by atomic mass is 10.2. The van der Waals surface area contributed by atoms with Gasteiger partial charge in [-0.1, -0.05) is 0 Å². The first-order chi connectivity index (χ1) is 10.2. The van der Waals surface area contributed by atoms with Gasteiger partial charge >= 0.3 is 5.97 Å². The van der Waals surface area contributed by atoms with Gasteiger partial charge < -0.3 is 19.3 Å². The van der Waals surface area contributed by atoms with Crippen LogP contribution in [0, 0.1) is 0 Å². The van der Waals surface area contributed by atoms with E-state index in [4.69, 9.17) is 19.3 Å². The molecule has 0 spiro atoms. The highest BCUT2D eigenvalue weighted by molar-refractivity contribution is 5.87. The van der Waals surface area contributed by atoms with Crippen LogP contribution in [-0.4, -0.2) is 31.4 Å². The van der Waals surface area contributed by atoms with Crippen LogP contribution >= 0.6 is 0 Å². The molecule has 0 radical (unpaired) electrons. The maximum atomic E-state index is 10.8. The summed E-state index contributed by atoms with van der Waals surface area (Å²) in [6, 6.07) is 13.4. The van der Waals surface area contributed by atoms with E-state index < -0.39 is 5.97 Å². The number of ether oxygens (including phenoxy) is 3. The van der Waals surface area contributed by atoms with Crippen molar-refractivity contribution in [3.8, 4) is 17.2 Å². The normalized spacial score (nSPS) is 10.1. The van der Waals surface area contributed by atoms with Crippen molar-refractivity contribution < 1.29 is 24.1 Å². The SMILES string of the molecule is COCCOc1ccc(Oc2ccc(C(=O)O)cc2)cc1. The van der Waals surface area contributed by atoms with Gasteiger partial charge in [-0.2, -0.15) is 0 Å². The first-order valence-corrected chi connectivity index (χ1v) is 6.42. The Morgan fingerprint density at radius 2 is 1.43 bits per heavy atom. The van der Waals surface area contributed by atoms with E-state index in [-0.39, 0.29) is 5.56 Å². The number of aromatic carboxylic acids is 1. The van der Waals surface area contributed by atoms with Crippen LogP contribution in [-0.2, 0) is 4.74 Å². The molecule has 5 heteroatoms. The molecule has 0 aliphatic rings. The molecule has 0 amide bonds. The van der Waals surface area contributed by atoms with Crippen molar-refractivity contribution in [3.63, 3.8) is 0 Å². The molecule has 0 saturated carbocycles. The zero-order chi connectivity index (χ0) is 15.1. The highest BCUT2D eigenvalue weighted by atomic mass is 16.5. The van der Waals surface area contributed by atoms with Crippen molar-refractivity contribution >= 4 is 5.97 Å². The summed E-state index contributed by atoms with van der Waals surface area (Å²) in [7, 11) is 1.62. The molecule has 0 saturated heterocycles. The maximum Gasteiger partial charge on any atom is 0.335 e. The van der Waals surface area contributed by atoms with E-state index in [0.29, 0.717) is 24.7 Å². The minimum atomic E-state index is -0.959. The average molecular weight is 288 g/mol. The number of hydrogen-bond acceptors (Lipinski definition) is 4. The maximum absolute atomic E-state index is 10.8. The molecule has 5 nitrogen and oxygen atoms in total. The van der Waals surface area contributed by atoms with Crippen molar-refractivity contribution in [2.45, 2.75) is 0 Å². The minimum absolute atomic E-state index is 0.226. The fraction of sp³-hybridized carbons (Fsp3) is 0.188. The minimum Gasteiger partial charge on any atom is -0.491 e. The Kier molecular flexibility index (Phi) is 5.17. The second kappa shape index (κ2) is 7.31. The predicted molar refractivity (Wildman–Crippen MR) is 77.3 cm³/mol. The molecule has 0 heterocycles. The molecule has 0 unspecified atom stereocenters. The summed E-state index contributed by atoms with van der Waals surface area (Å²) in [5.74, 6) is 1.00. The summed E-state index contributed by atoms with van der Waals surface area (Å²) >= 11 is 0. The van der Waals surface area contributed by atoms with Gasteiger partial charge in [-0.3, -0.25) is 0 Å². The third-order valence-corrected chi connectivity index (χ3v) is 2.72. The van der Waals surface area contributed by atoms with E-state index in [2.05, 4.69) is 0 Å². The molecular formula is C16H16O5. The smallest absolute Gasteiger partial charge is 0.335 e. The summed E-state index contributed by atoms with van der Waals surface area (Å²) in [6.07, 6.45) is 0. The largest absolute Gasteiger partial charge is 0.491 e. The molecule has 2 aromatic carbocycles. The van der Waals surface area contributed by atoms with Crippen molar-refractivity contribution in [2.75, 3.05) is 20.3 Å². The van der Waals surface area contributed by atoms with Gasteiger partial charge in [0.15, 0.2) is 0 Å². The molecule has 2 rings (SSSR count). The summed E-state index contributed by atoms with van der Waals surface area (Å²) < 4.78 is 16.0. The van der Waals surface area contributed by atoms with Crippen molar-refractivity contribution in [1.29, 1.82) is 0 Å². The molecule has 21 heavy (non-hydrogen) atoms. The average Bonchev–Trinajstić information content (AvgIpc) is 2.50. The fourth-order valence-electron chi connectivity index (χ4n) is 1.65. The Hall–Kier alpha value is -2.53. The summed E-state index contributed by atoms with van der Waals surface area (Å²) in [4.78, 5) is 10.8. The highest BCUT2D eigenvalue weighted by Gasteiger charge is 2.03. The predicted octanol–water partition coefficient (Wildman–Crippen LogP) is 3.20. The van der Waals surface area contributed by atoms with Crippen LogP contribution in [0.2, 0.25) is 0 Å². The molecule has 0 fully saturated rings. The molecule has 2 aromatic rings. The van der Waals surface area contributed by atoms with Gasteiger partial charge in [0.05, 0.1) is 12.2 Å². The Balaban J connectivity index is 1.94. The number of benzene rings is 2. The topological polar surface area (TPSA) is 65.0 Å². The van der Waals surface area contributed by atoms with Gasteiger partial charge in [0.25, 0.3) is 0 Å². The van der Waals surface area contributed by atoms with E-state index in [1.165, 1.54) is 12.1 Å². The lowest BCUT2D eigenvalue weighted by Gasteiger charge is -2.08. The van der Waals surface area contributed by atoms with Gasteiger partial charge in [0, 0.05) is 7.11 Å². The van der Waals surface area contributed by atoms with Gasteiger partial charge in [0.2, 0.25) is 0 Å². The number of carbonyl (C=O) groups is 1. The highest BCUT2D eigenvalue weighted by Crippen LogP contribution is 2.24. The molecule has 0 bridgehead atoms. The monoisotopic (exact) mass is 288 g/mol. The van der Waals surface area contributed by atoms with Crippen LogP contribution in [0.4, 0.5) is 0 Å². The van der Waals surface area contributed by atoms with Crippen LogP contribution < -0.4 is 9.47 Å². The van der Waals surface area contributed by atoms with Gasteiger partial charge in [-0.15, -0.1) is 0 Å². The number of carboxylic acid groups (broad SMARTS) is 1. The van der Waals surface area contributed by atoms with Crippen LogP contribution in [0.3, 0.4) is 0 Å². The third-order valence-electron chi connectivity index (χ3n) is 2.72. The zero-order valence-corrected chi connectivity index (χ0v) is 11.6. The van der Waals surface area contributed by atoms with Crippen LogP contribution in [0.25, 0.3) is 0 Å². The molecule has 0 aliphatic heterocycles. The van der Waals surface area contributed by atoms with E-state index in [9.17, 15) is 4.79 Å². The van der Waals surface area contributed by atoms with Crippen LogP contribution in [0.15, 0.2) is 48.5 Å². The number of carboxylic acids is 1. The Labute approximate surface area is 122 Å². The van der Waals surface area contributed by atoms with E-state index in [1.54, 1.807) is 43.5 Å². The van der Waals surface area contributed by atoms with Crippen molar-refractivity contribution in [1.82, 2.24) is 0 Å².